The second-order valence-corrected chi connectivity index (χ2v) is 2.39. The SMILES string of the molecule is COC(C(=O)O)C(CO)C(C)=O. The van der Waals surface area contributed by atoms with E-state index in [1.807, 2.05) is 0 Å². The first-order valence-electron chi connectivity index (χ1n) is 3.41. The molecular weight excluding hydrogens is 164 g/mol. The monoisotopic (exact) mass is 176 g/mol. The number of carboxylic acids is 1. The summed E-state index contributed by atoms with van der Waals surface area (Å²) in [4.78, 5) is 21.2. The number of aliphatic carboxylic acids is 1. The molecule has 2 unspecified atom stereocenters. The van der Waals surface area contributed by atoms with E-state index in [-0.39, 0.29) is 0 Å². The molecule has 0 aromatic heterocycles. The molecule has 0 amide bonds. The van der Waals surface area contributed by atoms with E-state index in [1.54, 1.807) is 0 Å². The summed E-state index contributed by atoms with van der Waals surface area (Å²) in [7, 11) is 1.18. The van der Waals surface area contributed by atoms with Gasteiger partial charge < -0.3 is 14.9 Å². The van der Waals surface area contributed by atoms with E-state index in [9.17, 15) is 9.59 Å². The van der Waals surface area contributed by atoms with Crippen LogP contribution in [-0.4, -0.2) is 41.8 Å². The molecule has 0 rings (SSSR count). The maximum Gasteiger partial charge on any atom is 0.333 e. The Balaban J connectivity index is 4.44. The predicted molar refractivity (Wildman–Crippen MR) is 39.7 cm³/mol. The van der Waals surface area contributed by atoms with Crippen LogP contribution in [0.15, 0.2) is 0 Å². The van der Waals surface area contributed by atoms with Gasteiger partial charge in [0, 0.05) is 7.11 Å². The Morgan fingerprint density at radius 1 is 1.50 bits per heavy atom. The molecule has 0 saturated carbocycles. The first kappa shape index (κ1) is 11.1. The Hall–Kier alpha value is -0.940. The number of hydrogen-bond donors (Lipinski definition) is 2. The predicted octanol–water partition coefficient (Wildman–Crippen LogP) is -0.716. The number of ether oxygens (including phenoxy) is 1. The molecule has 0 aliphatic rings. The molecule has 2 N–H and O–H groups in total. The number of aliphatic hydroxyl groups is 1. The van der Waals surface area contributed by atoms with Crippen LogP contribution in [0.25, 0.3) is 0 Å². The number of carboxylic acid groups (broad SMARTS) is 1. The highest BCUT2D eigenvalue weighted by Gasteiger charge is 2.30. The Labute approximate surface area is 70.0 Å². The van der Waals surface area contributed by atoms with Crippen LogP contribution >= 0.6 is 0 Å². The molecule has 12 heavy (non-hydrogen) atoms. The van der Waals surface area contributed by atoms with Gasteiger partial charge in [-0.05, 0) is 6.92 Å². The number of methoxy groups -OCH3 is 1. The van der Waals surface area contributed by atoms with Crippen molar-refractivity contribution in [2.24, 2.45) is 5.92 Å². The molecule has 0 fully saturated rings. The molecule has 0 aliphatic carbocycles. The van der Waals surface area contributed by atoms with Crippen LogP contribution < -0.4 is 0 Å². The molecular formula is C7H12O5. The molecule has 0 aliphatic heterocycles. The fourth-order valence-corrected chi connectivity index (χ4v) is 0.875. The maximum atomic E-state index is 10.8. The highest BCUT2D eigenvalue weighted by Crippen LogP contribution is 2.08. The van der Waals surface area contributed by atoms with Crippen LogP contribution in [0.4, 0.5) is 0 Å². The third-order valence-electron chi connectivity index (χ3n) is 1.58. The average Bonchev–Trinajstić information content (AvgIpc) is 1.98. The van der Waals surface area contributed by atoms with E-state index in [0.717, 1.165) is 0 Å². The van der Waals surface area contributed by atoms with Crippen molar-refractivity contribution in [1.29, 1.82) is 0 Å². The van der Waals surface area contributed by atoms with Crippen molar-refractivity contribution in [2.45, 2.75) is 13.0 Å². The Kier molecular flexibility index (Phi) is 4.46. The van der Waals surface area contributed by atoms with E-state index in [4.69, 9.17) is 10.2 Å². The van der Waals surface area contributed by atoms with Crippen molar-refractivity contribution in [2.75, 3.05) is 13.7 Å². The zero-order chi connectivity index (χ0) is 9.72. The fraction of sp³-hybridized carbons (Fsp3) is 0.714. The number of hydrogen-bond acceptors (Lipinski definition) is 4. The normalized spacial score (nSPS) is 15.2. The second kappa shape index (κ2) is 4.84. The number of Topliss-reactive ketones (excluding diaryl/α,β-unsaturated/α-hetero) is 1. The highest BCUT2D eigenvalue weighted by atomic mass is 16.5. The molecule has 0 aromatic rings. The lowest BCUT2D eigenvalue weighted by Gasteiger charge is -2.17. The highest BCUT2D eigenvalue weighted by molar-refractivity contribution is 5.85. The van der Waals surface area contributed by atoms with Gasteiger partial charge in [0.1, 0.15) is 5.78 Å². The molecule has 0 saturated heterocycles. The minimum atomic E-state index is -1.26. The van der Waals surface area contributed by atoms with Crippen LogP contribution in [-0.2, 0) is 14.3 Å². The second-order valence-electron chi connectivity index (χ2n) is 2.39. The lowest BCUT2D eigenvalue weighted by molar-refractivity contribution is -0.156. The van der Waals surface area contributed by atoms with E-state index in [2.05, 4.69) is 4.74 Å². The molecule has 0 bridgehead atoms. The largest absolute Gasteiger partial charge is 0.479 e. The van der Waals surface area contributed by atoms with Gasteiger partial charge in [0.15, 0.2) is 6.10 Å². The zero-order valence-corrected chi connectivity index (χ0v) is 6.98. The minimum absolute atomic E-state index is 0.397. The van der Waals surface area contributed by atoms with Gasteiger partial charge in [0.25, 0.3) is 0 Å². The Morgan fingerprint density at radius 2 is 2.00 bits per heavy atom. The number of ketones is 1. The smallest absolute Gasteiger partial charge is 0.333 e. The first-order chi connectivity index (χ1) is 5.54. The molecule has 0 spiro atoms. The summed E-state index contributed by atoms with van der Waals surface area (Å²) in [5.41, 5.74) is 0. The quantitative estimate of drug-likeness (QED) is 0.577. The van der Waals surface area contributed by atoms with Crippen LogP contribution in [0.5, 0.6) is 0 Å². The zero-order valence-electron chi connectivity index (χ0n) is 6.98. The van der Waals surface area contributed by atoms with Crippen LogP contribution in [0.2, 0.25) is 0 Å². The molecule has 0 heterocycles. The van der Waals surface area contributed by atoms with Gasteiger partial charge >= 0.3 is 5.97 Å². The molecule has 0 aromatic carbocycles. The molecule has 5 nitrogen and oxygen atoms in total. The van der Waals surface area contributed by atoms with Crippen molar-refractivity contribution >= 4 is 11.8 Å². The van der Waals surface area contributed by atoms with E-state index >= 15 is 0 Å². The summed E-state index contributed by atoms with van der Waals surface area (Å²) in [6.07, 6.45) is -1.26. The van der Waals surface area contributed by atoms with Crippen LogP contribution in [0.1, 0.15) is 6.92 Å². The fourth-order valence-electron chi connectivity index (χ4n) is 0.875. The first-order valence-corrected chi connectivity index (χ1v) is 3.41. The van der Waals surface area contributed by atoms with Gasteiger partial charge in [0.05, 0.1) is 12.5 Å². The van der Waals surface area contributed by atoms with Gasteiger partial charge in [-0.25, -0.2) is 4.79 Å². The summed E-state index contributed by atoms with van der Waals surface area (Å²) >= 11 is 0. The number of rotatable bonds is 5. The summed E-state index contributed by atoms with van der Waals surface area (Å²) in [6, 6.07) is 0. The van der Waals surface area contributed by atoms with E-state index in [1.165, 1.54) is 14.0 Å². The van der Waals surface area contributed by atoms with Crippen molar-refractivity contribution in [3.05, 3.63) is 0 Å². The van der Waals surface area contributed by atoms with Crippen LogP contribution in [0.3, 0.4) is 0 Å². The van der Waals surface area contributed by atoms with Crippen molar-refractivity contribution in [3.63, 3.8) is 0 Å². The van der Waals surface area contributed by atoms with Crippen molar-refractivity contribution in [1.82, 2.24) is 0 Å². The van der Waals surface area contributed by atoms with E-state index in [0.29, 0.717) is 0 Å². The van der Waals surface area contributed by atoms with Gasteiger partial charge in [-0.2, -0.15) is 0 Å². The van der Waals surface area contributed by atoms with Gasteiger partial charge in [-0.3, -0.25) is 4.79 Å². The lowest BCUT2D eigenvalue weighted by atomic mass is 9.99. The van der Waals surface area contributed by atoms with Gasteiger partial charge in [0.2, 0.25) is 0 Å². The maximum absolute atomic E-state index is 10.8. The Morgan fingerprint density at radius 3 is 2.08 bits per heavy atom. The molecule has 70 valence electrons. The third-order valence-corrected chi connectivity index (χ3v) is 1.58. The molecule has 0 radical (unpaired) electrons. The number of aliphatic hydroxyl groups excluding tert-OH is 1. The lowest BCUT2D eigenvalue weighted by Crippen LogP contribution is -2.37. The van der Waals surface area contributed by atoms with Gasteiger partial charge in [-0.15, -0.1) is 0 Å². The number of carbonyl (C=O) groups excluding carboxylic acids is 1. The molecule has 5 heteroatoms. The number of carbonyl (C=O) groups is 2. The summed E-state index contributed by atoms with van der Waals surface area (Å²) in [6.45, 7) is 0.704. The summed E-state index contributed by atoms with van der Waals surface area (Å²) < 4.78 is 4.55. The topological polar surface area (TPSA) is 83.8 Å². The summed E-state index contributed by atoms with van der Waals surface area (Å²) in [5, 5.41) is 17.2. The minimum Gasteiger partial charge on any atom is -0.479 e. The van der Waals surface area contributed by atoms with Crippen LogP contribution in [0, 0.1) is 5.92 Å². The summed E-state index contributed by atoms with van der Waals surface area (Å²) in [5.74, 6) is -2.62. The molecule has 2 atom stereocenters. The average molecular weight is 176 g/mol. The van der Waals surface area contributed by atoms with Crippen molar-refractivity contribution < 1.29 is 24.5 Å². The van der Waals surface area contributed by atoms with Crippen molar-refractivity contribution in [3.8, 4) is 0 Å². The third kappa shape index (κ3) is 2.60. The van der Waals surface area contributed by atoms with E-state index < -0.39 is 30.4 Å². The standard InChI is InChI=1S/C7H12O5/c1-4(9)5(3-8)6(12-2)7(10)11/h5-6,8H,3H2,1-2H3,(H,10,11). The van der Waals surface area contributed by atoms with Gasteiger partial charge in [-0.1, -0.05) is 0 Å². The Bertz CT molecular complexity index is 157.